The Labute approximate surface area is 124 Å². The molecule has 0 fully saturated rings. The van der Waals surface area contributed by atoms with Crippen LogP contribution in [0.5, 0.6) is 5.75 Å². The lowest BCUT2D eigenvalue weighted by Crippen LogP contribution is -2.05. The van der Waals surface area contributed by atoms with Crippen molar-refractivity contribution in [3.8, 4) is 5.75 Å². The summed E-state index contributed by atoms with van der Waals surface area (Å²) in [6.45, 7) is 5.17. The first-order valence-electron chi connectivity index (χ1n) is 6.71. The first-order valence-corrected chi connectivity index (χ1v) is 7.09. The van der Waals surface area contributed by atoms with Crippen LogP contribution in [-0.2, 0) is 13.2 Å². The molecule has 1 unspecified atom stereocenters. The Hall–Kier alpha value is -1.52. The van der Waals surface area contributed by atoms with Crippen LogP contribution >= 0.6 is 11.6 Å². The van der Waals surface area contributed by atoms with Gasteiger partial charge in [0.2, 0.25) is 0 Å². The minimum absolute atomic E-state index is 0.424. The van der Waals surface area contributed by atoms with Crippen LogP contribution in [-0.4, -0.2) is 14.7 Å². The molecule has 0 bridgehead atoms. The third-order valence-electron chi connectivity index (χ3n) is 3.08. The highest BCUT2D eigenvalue weighted by molar-refractivity contribution is 6.32. The van der Waals surface area contributed by atoms with Crippen molar-refractivity contribution in [1.29, 1.82) is 0 Å². The second kappa shape index (κ2) is 6.77. The number of hydrogen-bond donors (Lipinski definition) is 1. The van der Waals surface area contributed by atoms with E-state index in [9.17, 15) is 5.11 Å². The predicted octanol–water partition coefficient (Wildman–Crippen LogP) is 3.58. The summed E-state index contributed by atoms with van der Waals surface area (Å²) in [6.07, 6.45) is 4.12. The molecule has 5 heteroatoms. The van der Waals surface area contributed by atoms with Gasteiger partial charge in [-0.25, -0.2) is 4.98 Å². The molecule has 0 amide bonds. The van der Waals surface area contributed by atoms with Gasteiger partial charge in [0, 0.05) is 6.54 Å². The third-order valence-corrected chi connectivity index (χ3v) is 3.37. The van der Waals surface area contributed by atoms with Crippen molar-refractivity contribution >= 4 is 11.6 Å². The van der Waals surface area contributed by atoms with Gasteiger partial charge in [-0.3, -0.25) is 0 Å². The van der Waals surface area contributed by atoms with Crippen LogP contribution in [0.3, 0.4) is 0 Å². The SMILES string of the molecule is CCCn1cncc1COc1ccc(C(C)O)cc1Cl. The lowest BCUT2D eigenvalue weighted by atomic mass is 10.1. The zero-order valence-corrected chi connectivity index (χ0v) is 12.5. The van der Waals surface area contributed by atoms with Gasteiger partial charge in [-0.2, -0.15) is 0 Å². The van der Waals surface area contributed by atoms with Crippen molar-refractivity contribution in [3.63, 3.8) is 0 Å². The Morgan fingerprint density at radius 3 is 2.90 bits per heavy atom. The molecule has 0 saturated heterocycles. The van der Waals surface area contributed by atoms with Crippen LogP contribution in [0.2, 0.25) is 5.02 Å². The number of halogens is 1. The van der Waals surface area contributed by atoms with E-state index in [0.717, 1.165) is 24.2 Å². The van der Waals surface area contributed by atoms with Crippen molar-refractivity contribution in [2.75, 3.05) is 0 Å². The maximum absolute atomic E-state index is 9.50. The minimum Gasteiger partial charge on any atom is -0.486 e. The van der Waals surface area contributed by atoms with Crippen molar-refractivity contribution in [3.05, 3.63) is 47.0 Å². The molecule has 2 aromatic rings. The molecule has 4 nitrogen and oxygen atoms in total. The highest BCUT2D eigenvalue weighted by Crippen LogP contribution is 2.28. The van der Waals surface area contributed by atoms with E-state index in [2.05, 4.69) is 16.5 Å². The van der Waals surface area contributed by atoms with Gasteiger partial charge in [0.25, 0.3) is 0 Å². The molecule has 1 aromatic heterocycles. The van der Waals surface area contributed by atoms with Crippen LogP contribution in [0.4, 0.5) is 0 Å². The number of rotatable bonds is 6. The average Bonchev–Trinajstić information content (AvgIpc) is 2.85. The lowest BCUT2D eigenvalue weighted by molar-refractivity contribution is 0.199. The second-order valence-corrected chi connectivity index (χ2v) is 5.14. The standard InChI is InChI=1S/C15H19ClN2O2/c1-3-6-18-10-17-8-13(18)9-20-15-5-4-12(11(2)19)7-14(15)16/h4-5,7-8,10-11,19H,3,6,9H2,1-2H3. The van der Waals surface area contributed by atoms with Crippen LogP contribution in [0.25, 0.3) is 0 Å². The largest absolute Gasteiger partial charge is 0.486 e. The molecule has 0 aliphatic carbocycles. The van der Waals surface area contributed by atoms with E-state index >= 15 is 0 Å². The number of aliphatic hydroxyl groups excluding tert-OH is 1. The Kier molecular flexibility index (Phi) is 5.04. The maximum atomic E-state index is 9.50. The normalized spacial score (nSPS) is 12.4. The zero-order chi connectivity index (χ0) is 14.5. The summed E-state index contributed by atoms with van der Waals surface area (Å²) in [4.78, 5) is 4.13. The molecule has 0 radical (unpaired) electrons. The van der Waals surface area contributed by atoms with Gasteiger partial charge in [0.15, 0.2) is 0 Å². The van der Waals surface area contributed by atoms with Gasteiger partial charge in [-0.1, -0.05) is 24.6 Å². The Bertz CT molecular complexity index is 567. The summed E-state index contributed by atoms with van der Waals surface area (Å²) in [5.41, 5.74) is 1.79. The van der Waals surface area contributed by atoms with E-state index in [4.69, 9.17) is 16.3 Å². The van der Waals surface area contributed by atoms with Crippen LogP contribution in [0.15, 0.2) is 30.7 Å². The third kappa shape index (κ3) is 3.52. The van der Waals surface area contributed by atoms with Gasteiger partial charge < -0.3 is 14.4 Å². The molecule has 1 atom stereocenters. The van der Waals surface area contributed by atoms with Crippen LogP contribution < -0.4 is 4.74 Å². The van der Waals surface area contributed by atoms with Gasteiger partial charge in [0.1, 0.15) is 12.4 Å². The van der Waals surface area contributed by atoms with Crippen LogP contribution in [0, 0.1) is 0 Å². The fourth-order valence-corrected chi connectivity index (χ4v) is 2.20. The molecular weight excluding hydrogens is 276 g/mol. The van der Waals surface area contributed by atoms with Crippen molar-refractivity contribution < 1.29 is 9.84 Å². The summed E-state index contributed by atoms with van der Waals surface area (Å²) >= 11 is 6.16. The maximum Gasteiger partial charge on any atom is 0.138 e. The van der Waals surface area contributed by atoms with E-state index in [1.54, 1.807) is 31.6 Å². The van der Waals surface area contributed by atoms with E-state index in [-0.39, 0.29) is 0 Å². The van der Waals surface area contributed by atoms with E-state index < -0.39 is 6.10 Å². The molecule has 0 aliphatic heterocycles. The summed E-state index contributed by atoms with van der Waals surface area (Å²) in [5.74, 6) is 0.611. The summed E-state index contributed by atoms with van der Waals surface area (Å²) in [5, 5.41) is 10.0. The number of aliphatic hydroxyl groups is 1. The van der Waals surface area contributed by atoms with E-state index in [1.165, 1.54) is 0 Å². The monoisotopic (exact) mass is 294 g/mol. The summed E-state index contributed by atoms with van der Waals surface area (Å²) < 4.78 is 7.80. The van der Waals surface area contributed by atoms with Crippen molar-refractivity contribution in [2.24, 2.45) is 0 Å². The number of hydrogen-bond acceptors (Lipinski definition) is 3. The molecule has 108 valence electrons. The number of ether oxygens (including phenoxy) is 1. The van der Waals surface area contributed by atoms with E-state index in [1.807, 2.05) is 6.07 Å². The highest BCUT2D eigenvalue weighted by atomic mass is 35.5. The molecule has 0 saturated carbocycles. The fourth-order valence-electron chi connectivity index (χ4n) is 1.96. The number of imidazole rings is 1. The molecule has 0 spiro atoms. The lowest BCUT2D eigenvalue weighted by Gasteiger charge is -2.12. The smallest absolute Gasteiger partial charge is 0.138 e. The Morgan fingerprint density at radius 2 is 2.25 bits per heavy atom. The number of nitrogens with zero attached hydrogens (tertiary/aromatic N) is 2. The Morgan fingerprint density at radius 1 is 1.45 bits per heavy atom. The average molecular weight is 295 g/mol. The number of aromatic nitrogens is 2. The van der Waals surface area contributed by atoms with E-state index in [0.29, 0.717) is 17.4 Å². The van der Waals surface area contributed by atoms with Gasteiger partial charge in [0.05, 0.1) is 29.3 Å². The molecule has 0 aliphatic rings. The van der Waals surface area contributed by atoms with Gasteiger partial charge >= 0.3 is 0 Å². The topological polar surface area (TPSA) is 47.3 Å². The molecule has 2 rings (SSSR count). The predicted molar refractivity (Wildman–Crippen MR) is 78.9 cm³/mol. The van der Waals surface area contributed by atoms with Gasteiger partial charge in [-0.05, 0) is 31.0 Å². The fraction of sp³-hybridized carbons (Fsp3) is 0.400. The first kappa shape index (κ1) is 14.9. The second-order valence-electron chi connectivity index (χ2n) is 4.73. The first-order chi connectivity index (χ1) is 9.61. The number of benzene rings is 1. The molecule has 20 heavy (non-hydrogen) atoms. The highest BCUT2D eigenvalue weighted by Gasteiger charge is 2.08. The van der Waals surface area contributed by atoms with Crippen molar-refractivity contribution in [2.45, 2.75) is 39.5 Å². The molecule has 1 aromatic carbocycles. The zero-order valence-electron chi connectivity index (χ0n) is 11.7. The van der Waals surface area contributed by atoms with Crippen molar-refractivity contribution in [1.82, 2.24) is 9.55 Å². The number of aryl methyl sites for hydroxylation is 1. The summed E-state index contributed by atoms with van der Waals surface area (Å²) in [6, 6.07) is 5.32. The molecule has 1 N–H and O–H groups in total. The van der Waals surface area contributed by atoms with Crippen LogP contribution in [0.1, 0.15) is 37.6 Å². The Balaban J connectivity index is 2.05. The molecule has 1 heterocycles. The van der Waals surface area contributed by atoms with Gasteiger partial charge in [-0.15, -0.1) is 0 Å². The minimum atomic E-state index is -0.535. The molecular formula is C15H19ClN2O2. The summed E-state index contributed by atoms with van der Waals surface area (Å²) in [7, 11) is 0. The quantitative estimate of drug-likeness (QED) is 0.886.